The highest BCUT2D eigenvalue weighted by molar-refractivity contribution is 6.27. The Morgan fingerprint density at radius 2 is 1.16 bits per heavy atom. The van der Waals surface area contributed by atoms with Gasteiger partial charge in [0.05, 0.1) is 13.1 Å². The first kappa shape index (κ1) is 12.6. The normalized spacial score (nSPS) is 14.1. The van der Waals surface area contributed by atoms with E-state index in [9.17, 15) is 0 Å². The topological polar surface area (TPSA) is 13.1 Å². The fourth-order valence-corrected chi connectivity index (χ4v) is 4.78. The predicted octanol–water partition coefficient (Wildman–Crippen LogP) is 8.66. The average molecular weight is 400 g/mol. The van der Waals surface area contributed by atoms with E-state index in [0.29, 0.717) is 5.56 Å². The van der Waals surface area contributed by atoms with E-state index in [1.54, 1.807) is 6.26 Å². The highest BCUT2D eigenvalue weighted by Gasteiger charge is 2.15. The molecule has 0 N–H and O–H groups in total. The summed E-state index contributed by atoms with van der Waals surface area (Å²) in [6.07, 6.45) is 1.69. The first-order chi connectivity index (χ1) is 17.4. The van der Waals surface area contributed by atoms with E-state index < -0.39 is 0 Å². The van der Waals surface area contributed by atoms with Crippen molar-refractivity contribution in [2.24, 2.45) is 0 Å². The summed E-state index contributed by atoms with van der Waals surface area (Å²) >= 11 is 0. The lowest BCUT2D eigenvalue weighted by molar-refractivity contribution is 0.616. The summed E-state index contributed by atoms with van der Waals surface area (Å²) in [5, 5.41) is 7.26. The van der Waals surface area contributed by atoms with Gasteiger partial charge >= 0.3 is 0 Å². The molecule has 6 aromatic carbocycles. The van der Waals surface area contributed by atoms with Crippen molar-refractivity contribution >= 4 is 43.3 Å². The van der Waals surface area contributed by atoms with Crippen molar-refractivity contribution < 1.29 is 11.3 Å². The largest absolute Gasteiger partial charge is 0.464 e. The smallest absolute Gasteiger partial charge is 0.134 e. The highest BCUT2D eigenvalue weighted by Crippen LogP contribution is 2.42. The molecule has 0 saturated heterocycles. The molecule has 0 bridgehead atoms. The van der Waals surface area contributed by atoms with Gasteiger partial charge < -0.3 is 4.42 Å². The van der Waals surface area contributed by atoms with Crippen LogP contribution in [0.5, 0.6) is 0 Å². The van der Waals surface area contributed by atoms with E-state index in [1.165, 1.54) is 0 Å². The fourth-order valence-electron chi connectivity index (χ4n) is 4.78. The molecule has 0 amide bonds. The molecular formula is C30H18O. The molecule has 7 aromatic rings. The van der Waals surface area contributed by atoms with Gasteiger partial charge in [-0.1, -0.05) is 90.9 Å². The second-order valence-corrected chi connectivity index (χ2v) is 7.82. The van der Waals surface area contributed by atoms with Crippen LogP contribution in [0.2, 0.25) is 0 Å². The molecule has 7 rings (SSSR count). The van der Waals surface area contributed by atoms with Crippen LogP contribution in [0.1, 0.15) is 6.85 Å². The first-order valence-corrected chi connectivity index (χ1v) is 10.2. The van der Waals surface area contributed by atoms with Crippen LogP contribution in [0.25, 0.3) is 65.5 Å². The van der Waals surface area contributed by atoms with Crippen molar-refractivity contribution in [1.29, 1.82) is 0 Å². The molecule has 1 nitrogen and oxygen atoms in total. The summed E-state index contributed by atoms with van der Waals surface area (Å²) in [7, 11) is 0. The predicted molar refractivity (Wildman–Crippen MR) is 131 cm³/mol. The molecule has 0 aliphatic rings. The molecule has 0 aliphatic carbocycles. The fraction of sp³-hybridized carbons (Fsp3) is 0. The summed E-state index contributed by atoms with van der Waals surface area (Å²) in [6, 6.07) is 23.1. The third-order valence-corrected chi connectivity index (χ3v) is 6.20. The van der Waals surface area contributed by atoms with Crippen LogP contribution in [-0.2, 0) is 0 Å². The van der Waals surface area contributed by atoms with Crippen LogP contribution in [0.4, 0.5) is 0 Å². The van der Waals surface area contributed by atoms with Gasteiger partial charge in [-0.15, -0.1) is 0 Å². The van der Waals surface area contributed by atoms with Crippen molar-refractivity contribution in [2.45, 2.75) is 0 Å². The zero-order valence-electron chi connectivity index (χ0n) is 21.4. The molecule has 31 heavy (non-hydrogen) atoms. The van der Waals surface area contributed by atoms with Gasteiger partial charge in [0.2, 0.25) is 0 Å². The number of fused-ring (bicyclic) bond motifs is 1. The summed E-state index contributed by atoms with van der Waals surface area (Å²) in [4.78, 5) is 0. The molecule has 0 aliphatic heterocycles. The Labute approximate surface area is 186 Å². The lowest BCUT2D eigenvalue weighted by atomic mass is 9.87. The van der Waals surface area contributed by atoms with Gasteiger partial charge in [0.15, 0.2) is 0 Å². The van der Waals surface area contributed by atoms with Crippen molar-refractivity contribution in [1.82, 2.24) is 0 Å². The van der Waals surface area contributed by atoms with Crippen molar-refractivity contribution in [3.05, 3.63) is 109 Å². The third kappa shape index (κ3) is 2.38. The maximum Gasteiger partial charge on any atom is 0.134 e. The maximum atomic E-state index is 8.52. The summed E-state index contributed by atoms with van der Waals surface area (Å²) in [6.45, 7) is 0. The van der Waals surface area contributed by atoms with Crippen LogP contribution in [0, 0.1) is 0 Å². The molecule has 0 spiro atoms. The Morgan fingerprint density at radius 1 is 0.548 bits per heavy atom. The molecule has 144 valence electrons. The maximum absolute atomic E-state index is 8.52. The second kappa shape index (κ2) is 6.20. The van der Waals surface area contributed by atoms with Gasteiger partial charge in [0.25, 0.3) is 0 Å². The summed E-state index contributed by atoms with van der Waals surface area (Å²) in [5.74, 6) is 0. The van der Waals surface area contributed by atoms with Gasteiger partial charge in [-0.25, -0.2) is 0 Å². The molecule has 0 fully saturated rings. The number of hydrogen-bond donors (Lipinski definition) is 0. The minimum absolute atomic E-state index is 0.191. The molecule has 1 heteroatoms. The average Bonchev–Trinajstić information content (AvgIpc) is 3.38. The first-order valence-electron chi connectivity index (χ1n) is 12.7. The molecular weight excluding hydrogens is 376 g/mol. The standard InChI is InChI=1S/C30H18O/c1-2-4-19(5-3-1)24-12-8-21-11-15-27-25(23-7-6-20-16-17-31-28(20)18-23)13-9-22-10-14-26(24)29(21)30(22)27/h1-18H/i1D,2D,3D,4D,5D. The van der Waals surface area contributed by atoms with Gasteiger partial charge in [-0.2, -0.15) is 0 Å². The third-order valence-electron chi connectivity index (χ3n) is 6.20. The number of furan rings is 1. The van der Waals surface area contributed by atoms with Crippen LogP contribution in [-0.4, -0.2) is 0 Å². The van der Waals surface area contributed by atoms with E-state index in [2.05, 4.69) is 42.5 Å². The second-order valence-electron chi connectivity index (χ2n) is 7.82. The van der Waals surface area contributed by atoms with Crippen LogP contribution >= 0.6 is 0 Å². The number of rotatable bonds is 2. The molecule has 0 atom stereocenters. The highest BCUT2D eigenvalue weighted by atomic mass is 16.3. The van der Waals surface area contributed by atoms with Gasteiger partial charge in [-0.3, -0.25) is 0 Å². The molecule has 0 radical (unpaired) electrons. The quantitative estimate of drug-likeness (QED) is 0.265. The van der Waals surface area contributed by atoms with E-state index >= 15 is 0 Å². The minimum Gasteiger partial charge on any atom is -0.464 e. The minimum atomic E-state index is -0.385. The SMILES string of the molecule is [2H]c1c([2H])c([2H])c(-c2ccc3ccc4c(-c5ccc6ccoc6c5)ccc5ccc2c3c54)c([2H])c1[2H]. The lowest BCUT2D eigenvalue weighted by Gasteiger charge is -2.16. The Balaban J connectivity index is 1.58. The summed E-state index contributed by atoms with van der Waals surface area (Å²) in [5.41, 5.74) is 3.84. The molecule has 0 unspecified atom stereocenters. The Morgan fingerprint density at radius 3 is 1.87 bits per heavy atom. The lowest BCUT2D eigenvalue weighted by Crippen LogP contribution is -1.89. The zero-order valence-corrected chi connectivity index (χ0v) is 16.4. The molecule has 1 heterocycles. The van der Waals surface area contributed by atoms with E-state index in [0.717, 1.165) is 54.4 Å². The van der Waals surface area contributed by atoms with Gasteiger partial charge in [0, 0.05) is 5.39 Å². The van der Waals surface area contributed by atoms with E-state index in [-0.39, 0.29) is 35.8 Å². The van der Waals surface area contributed by atoms with E-state index in [1.807, 2.05) is 30.3 Å². The molecule has 1 aromatic heterocycles. The Hall–Kier alpha value is -4.10. The Bertz CT molecular complexity index is 1970. The molecule has 0 saturated carbocycles. The van der Waals surface area contributed by atoms with Gasteiger partial charge in [0.1, 0.15) is 5.58 Å². The van der Waals surface area contributed by atoms with Gasteiger partial charge in [-0.05, 0) is 66.7 Å². The van der Waals surface area contributed by atoms with Crippen molar-refractivity contribution in [3.8, 4) is 22.3 Å². The van der Waals surface area contributed by atoms with Crippen molar-refractivity contribution in [3.63, 3.8) is 0 Å². The Kier molecular flexibility index (Phi) is 2.51. The summed E-state index contributed by atoms with van der Waals surface area (Å²) < 4.78 is 47.0. The number of hydrogen-bond acceptors (Lipinski definition) is 1. The zero-order chi connectivity index (χ0) is 24.7. The van der Waals surface area contributed by atoms with Crippen LogP contribution in [0.3, 0.4) is 0 Å². The monoisotopic (exact) mass is 399 g/mol. The van der Waals surface area contributed by atoms with Crippen molar-refractivity contribution in [2.75, 3.05) is 0 Å². The van der Waals surface area contributed by atoms with E-state index in [4.69, 9.17) is 11.3 Å². The van der Waals surface area contributed by atoms with Crippen LogP contribution in [0.15, 0.2) is 114 Å². The number of benzene rings is 6. The van der Waals surface area contributed by atoms with Crippen LogP contribution < -0.4 is 0 Å².